The van der Waals surface area contributed by atoms with Crippen LogP contribution in [0.4, 0.5) is 0 Å². The van der Waals surface area contributed by atoms with Crippen molar-refractivity contribution in [1.82, 2.24) is 0 Å². The van der Waals surface area contributed by atoms with Gasteiger partial charge >= 0.3 is 5.97 Å². The number of hydrogen-bond donors (Lipinski definition) is 1. The van der Waals surface area contributed by atoms with Crippen molar-refractivity contribution in [1.29, 1.82) is 0 Å². The summed E-state index contributed by atoms with van der Waals surface area (Å²) in [6, 6.07) is 0. The van der Waals surface area contributed by atoms with E-state index in [-0.39, 0.29) is 5.57 Å². The van der Waals surface area contributed by atoms with Crippen LogP contribution in [-0.4, -0.2) is 33.2 Å². The highest BCUT2D eigenvalue weighted by Crippen LogP contribution is 1.87. The van der Waals surface area contributed by atoms with Gasteiger partial charge in [0.1, 0.15) is 0 Å². The smallest absolute Gasteiger partial charge is 0.335 e. The van der Waals surface area contributed by atoms with E-state index in [0.717, 1.165) is 5.37 Å². The van der Waals surface area contributed by atoms with E-state index < -0.39 is 15.5 Å². The van der Waals surface area contributed by atoms with Gasteiger partial charge in [-0.05, 0) is 9.52 Å². The second-order valence-corrected chi connectivity index (χ2v) is 5.11. The standard InChI is InChI=1S/C6H10O3S/c1-5(6(7)8)4-10(2,3)9/h4H,1H2,2-3H3,(H,7,8). The lowest BCUT2D eigenvalue weighted by molar-refractivity contribution is -0.131. The topological polar surface area (TPSA) is 54.4 Å². The van der Waals surface area contributed by atoms with Gasteiger partial charge in [0.2, 0.25) is 0 Å². The van der Waals surface area contributed by atoms with E-state index in [1.54, 1.807) is 0 Å². The van der Waals surface area contributed by atoms with Crippen molar-refractivity contribution in [3.05, 3.63) is 12.2 Å². The fraction of sp³-hybridized carbons (Fsp3) is 0.333. The molecule has 0 bridgehead atoms. The number of hydrogen-bond acceptors (Lipinski definition) is 2. The highest BCUT2D eigenvalue weighted by atomic mass is 32.2. The molecule has 1 N–H and O–H groups in total. The molecular formula is C6H10O3S. The minimum Gasteiger partial charge on any atom is -0.478 e. The second-order valence-electron chi connectivity index (χ2n) is 2.26. The lowest BCUT2D eigenvalue weighted by Gasteiger charge is -1.93. The summed E-state index contributed by atoms with van der Waals surface area (Å²) < 4.78 is 10.9. The van der Waals surface area contributed by atoms with E-state index in [4.69, 9.17) is 5.11 Å². The van der Waals surface area contributed by atoms with E-state index >= 15 is 0 Å². The largest absolute Gasteiger partial charge is 0.478 e. The molecule has 0 aromatic carbocycles. The number of aliphatic carboxylic acids is 1. The van der Waals surface area contributed by atoms with Gasteiger partial charge in [-0.2, -0.15) is 0 Å². The average Bonchev–Trinajstić information content (AvgIpc) is 1.60. The Morgan fingerprint density at radius 1 is 1.60 bits per heavy atom. The Kier molecular flexibility index (Phi) is 2.65. The molecule has 0 rings (SSSR count). The summed E-state index contributed by atoms with van der Waals surface area (Å²) in [6.45, 7) is 3.21. The molecule has 0 saturated carbocycles. The minimum atomic E-state index is -2.12. The summed E-state index contributed by atoms with van der Waals surface area (Å²) in [6.07, 6.45) is 2.92. The van der Waals surface area contributed by atoms with Gasteiger partial charge in [0, 0.05) is 17.9 Å². The molecule has 4 heteroatoms. The van der Waals surface area contributed by atoms with E-state index in [0.29, 0.717) is 0 Å². The highest BCUT2D eigenvalue weighted by Gasteiger charge is 2.00. The maximum absolute atomic E-state index is 10.9. The fourth-order valence-corrected chi connectivity index (χ4v) is 1.18. The van der Waals surface area contributed by atoms with Crippen LogP contribution in [0.5, 0.6) is 0 Å². The van der Waals surface area contributed by atoms with Crippen molar-refractivity contribution in [2.45, 2.75) is 0 Å². The molecule has 0 aliphatic heterocycles. The van der Waals surface area contributed by atoms with Crippen molar-refractivity contribution in [2.24, 2.45) is 0 Å². The lowest BCUT2D eigenvalue weighted by atomic mass is 10.4. The molecule has 0 radical (unpaired) electrons. The van der Waals surface area contributed by atoms with Crippen molar-refractivity contribution in [3.63, 3.8) is 0 Å². The third kappa shape index (κ3) is 4.14. The first kappa shape index (κ1) is 9.23. The Morgan fingerprint density at radius 3 is 2.10 bits per heavy atom. The predicted octanol–water partition coefficient (Wildman–Crippen LogP) is -0.0266. The lowest BCUT2D eigenvalue weighted by Crippen LogP contribution is -2.06. The van der Waals surface area contributed by atoms with Crippen molar-refractivity contribution in [3.8, 4) is 0 Å². The van der Waals surface area contributed by atoms with E-state index in [9.17, 15) is 9.00 Å². The quantitative estimate of drug-likeness (QED) is 0.458. The number of carboxylic acid groups (broad SMARTS) is 1. The molecular weight excluding hydrogens is 152 g/mol. The van der Waals surface area contributed by atoms with Crippen molar-refractivity contribution in [2.75, 3.05) is 12.5 Å². The van der Waals surface area contributed by atoms with Crippen LogP contribution in [0.3, 0.4) is 0 Å². The average molecular weight is 162 g/mol. The van der Waals surface area contributed by atoms with Gasteiger partial charge in [0.25, 0.3) is 0 Å². The molecule has 0 fully saturated rings. The molecule has 0 aliphatic rings. The van der Waals surface area contributed by atoms with E-state index in [1.807, 2.05) is 0 Å². The zero-order valence-corrected chi connectivity index (χ0v) is 6.77. The van der Waals surface area contributed by atoms with Gasteiger partial charge in [-0.1, -0.05) is 6.58 Å². The first-order valence-corrected chi connectivity index (χ1v) is 4.98. The van der Waals surface area contributed by atoms with Gasteiger partial charge in [0.05, 0.1) is 5.57 Å². The second kappa shape index (κ2) is 2.88. The van der Waals surface area contributed by atoms with Gasteiger partial charge in [-0.15, -0.1) is 0 Å². The Labute approximate surface area is 60.4 Å². The Bertz CT molecular complexity index is 261. The van der Waals surface area contributed by atoms with Crippen LogP contribution in [0.15, 0.2) is 12.2 Å². The SMILES string of the molecule is C=C(C=S(C)(C)=O)C(=O)O. The molecule has 0 aromatic rings. The fourth-order valence-electron chi connectivity index (χ4n) is 0.393. The Morgan fingerprint density at radius 2 is 2.00 bits per heavy atom. The summed E-state index contributed by atoms with van der Waals surface area (Å²) in [5, 5.41) is 9.45. The molecule has 3 nitrogen and oxygen atoms in total. The molecule has 10 heavy (non-hydrogen) atoms. The summed E-state index contributed by atoms with van der Waals surface area (Å²) in [4.78, 5) is 10.1. The van der Waals surface area contributed by atoms with E-state index in [1.165, 1.54) is 12.5 Å². The summed E-state index contributed by atoms with van der Waals surface area (Å²) in [7, 11) is -2.12. The van der Waals surface area contributed by atoms with E-state index in [2.05, 4.69) is 6.58 Å². The molecule has 0 atom stereocenters. The summed E-state index contributed by atoms with van der Waals surface area (Å²) in [5.74, 6) is -1.13. The van der Waals surface area contributed by atoms with Crippen molar-refractivity contribution < 1.29 is 14.1 Å². The molecule has 0 aromatic heterocycles. The number of carboxylic acids is 1. The van der Waals surface area contributed by atoms with Gasteiger partial charge in [-0.25, -0.2) is 4.79 Å². The van der Waals surface area contributed by atoms with Crippen LogP contribution in [0, 0.1) is 0 Å². The van der Waals surface area contributed by atoms with Crippen LogP contribution in [0.2, 0.25) is 0 Å². The molecule has 0 saturated heterocycles. The maximum Gasteiger partial charge on any atom is 0.335 e. The molecule has 58 valence electrons. The summed E-state index contributed by atoms with van der Waals surface area (Å²) >= 11 is 0. The third-order valence-electron chi connectivity index (χ3n) is 0.701. The Balaban J connectivity index is 4.63. The maximum atomic E-state index is 10.9. The van der Waals surface area contributed by atoms with Crippen LogP contribution in [-0.2, 0) is 14.3 Å². The third-order valence-corrected chi connectivity index (χ3v) is 1.55. The van der Waals surface area contributed by atoms with Gasteiger partial charge in [-0.3, -0.25) is 4.21 Å². The van der Waals surface area contributed by atoms with Crippen molar-refractivity contribution >= 4 is 20.9 Å². The first-order chi connectivity index (χ1) is 4.33. The van der Waals surface area contributed by atoms with Crippen LogP contribution >= 0.6 is 0 Å². The highest BCUT2D eigenvalue weighted by molar-refractivity contribution is 8.00. The Hall–Kier alpha value is -0.770. The molecule has 0 spiro atoms. The predicted molar refractivity (Wildman–Crippen MR) is 42.8 cm³/mol. The molecule has 0 amide bonds. The zero-order valence-electron chi connectivity index (χ0n) is 5.96. The molecule has 0 heterocycles. The number of carbonyl (C=O) groups is 1. The van der Waals surface area contributed by atoms with Crippen LogP contribution in [0.25, 0.3) is 0 Å². The van der Waals surface area contributed by atoms with Crippen LogP contribution in [0.1, 0.15) is 0 Å². The van der Waals surface area contributed by atoms with Gasteiger partial charge < -0.3 is 5.11 Å². The van der Waals surface area contributed by atoms with Crippen LogP contribution < -0.4 is 0 Å². The monoisotopic (exact) mass is 162 g/mol. The first-order valence-electron chi connectivity index (χ1n) is 2.54. The zero-order chi connectivity index (χ0) is 8.36. The molecule has 0 unspecified atom stereocenters. The number of rotatable bonds is 2. The normalized spacial score (nSPS) is 10.6. The summed E-state index contributed by atoms with van der Waals surface area (Å²) in [5.41, 5.74) is -0.116. The molecule has 0 aliphatic carbocycles. The van der Waals surface area contributed by atoms with Gasteiger partial charge in [0.15, 0.2) is 0 Å². The minimum absolute atomic E-state index is 0.116.